The molecule has 0 aromatic rings. The molecule has 0 aromatic heterocycles. The van der Waals surface area contributed by atoms with Crippen molar-refractivity contribution in [3.05, 3.63) is 12.2 Å². The fourth-order valence-corrected chi connectivity index (χ4v) is 1.56. The molecule has 0 aliphatic heterocycles. The lowest BCUT2D eigenvalue weighted by Crippen LogP contribution is -2.31. The molecule has 10 heavy (non-hydrogen) atoms. The maximum Gasteiger partial charge on any atom is 0.0851 e. The molecule has 0 aromatic carbocycles. The van der Waals surface area contributed by atoms with Crippen molar-refractivity contribution in [1.82, 2.24) is 0 Å². The van der Waals surface area contributed by atoms with E-state index in [4.69, 9.17) is 0 Å². The van der Waals surface area contributed by atoms with Gasteiger partial charge in [0.05, 0.1) is 5.60 Å². The second-order valence-corrected chi connectivity index (χ2v) is 3.37. The smallest absolute Gasteiger partial charge is 0.0851 e. The first kappa shape index (κ1) is 7.80. The Bertz CT molecular complexity index is 132. The summed E-state index contributed by atoms with van der Waals surface area (Å²) in [7, 11) is 0. The highest BCUT2D eigenvalue weighted by Crippen LogP contribution is 2.32. The van der Waals surface area contributed by atoms with Crippen molar-refractivity contribution in [2.75, 3.05) is 0 Å². The van der Waals surface area contributed by atoms with Crippen molar-refractivity contribution < 1.29 is 5.11 Å². The normalized spacial score (nSPS) is 24.2. The summed E-state index contributed by atoms with van der Waals surface area (Å²) in [5.41, 5.74) is 0.422. The lowest BCUT2D eigenvalue weighted by molar-refractivity contribution is 0.0401. The van der Waals surface area contributed by atoms with Crippen LogP contribution in [0.1, 0.15) is 39.0 Å². The summed E-state index contributed by atoms with van der Waals surface area (Å²) in [4.78, 5) is 0. The van der Waals surface area contributed by atoms with Gasteiger partial charge in [0, 0.05) is 0 Å². The third-order valence-corrected chi connectivity index (χ3v) is 2.48. The average Bonchev–Trinajstić information content (AvgIpc) is 1.89. The standard InChI is InChI=1S/C9H16O/c1-8(2)9(10)6-4-3-5-7-9/h10H,1,3-7H2,2H3. The largest absolute Gasteiger partial charge is 0.386 e. The zero-order chi connectivity index (χ0) is 7.61. The molecule has 1 heteroatoms. The second kappa shape index (κ2) is 2.75. The molecular formula is C9H16O. The molecule has 1 saturated carbocycles. The number of hydrogen-bond donors (Lipinski definition) is 1. The summed E-state index contributed by atoms with van der Waals surface area (Å²) in [5, 5.41) is 9.85. The number of hydrogen-bond acceptors (Lipinski definition) is 1. The van der Waals surface area contributed by atoms with E-state index in [1.165, 1.54) is 6.42 Å². The zero-order valence-electron chi connectivity index (χ0n) is 6.69. The highest BCUT2D eigenvalue weighted by molar-refractivity contribution is 5.09. The highest BCUT2D eigenvalue weighted by Gasteiger charge is 2.29. The Morgan fingerprint density at radius 1 is 1.30 bits per heavy atom. The maximum atomic E-state index is 9.85. The van der Waals surface area contributed by atoms with Gasteiger partial charge in [-0.1, -0.05) is 25.8 Å². The molecule has 0 radical (unpaired) electrons. The Labute approximate surface area is 62.8 Å². The average molecular weight is 140 g/mol. The van der Waals surface area contributed by atoms with Crippen LogP contribution in [0, 0.1) is 0 Å². The predicted molar refractivity (Wildman–Crippen MR) is 42.8 cm³/mol. The van der Waals surface area contributed by atoms with Crippen LogP contribution < -0.4 is 0 Å². The molecule has 1 N–H and O–H groups in total. The Morgan fingerprint density at radius 2 is 1.80 bits per heavy atom. The van der Waals surface area contributed by atoms with Crippen LogP contribution in [0.2, 0.25) is 0 Å². The van der Waals surface area contributed by atoms with Crippen molar-refractivity contribution in [2.45, 2.75) is 44.6 Å². The fraction of sp³-hybridized carbons (Fsp3) is 0.778. The molecule has 1 nitrogen and oxygen atoms in total. The third-order valence-electron chi connectivity index (χ3n) is 2.48. The topological polar surface area (TPSA) is 20.2 Å². The molecular weight excluding hydrogens is 124 g/mol. The van der Waals surface area contributed by atoms with Gasteiger partial charge < -0.3 is 5.11 Å². The van der Waals surface area contributed by atoms with Crippen LogP contribution in [-0.2, 0) is 0 Å². The van der Waals surface area contributed by atoms with Gasteiger partial charge in [0.1, 0.15) is 0 Å². The second-order valence-electron chi connectivity index (χ2n) is 3.37. The lowest BCUT2D eigenvalue weighted by atomic mass is 9.81. The minimum absolute atomic E-state index is 0.516. The van der Waals surface area contributed by atoms with E-state index >= 15 is 0 Å². The van der Waals surface area contributed by atoms with Crippen molar-refractivity contribution in [3.8, 4) is 0 Å². The van der Waals surface area contributed by atoms with Crippen LogP contribution in [0.4, 0.5) is 0 Å². The SMILES string of the molecule is C=C(C)C1(O)CCCCC1. The van der Waals surface area contributed by atoms with Gasteiger partial charge >= 0.3 is 0 Å². The summed E-state index contributed by atoms with van der Waals surface area (Å²) in [5.74, 6) is 0. The molecule has 0 bridgehead atoms. The highest BCUT2D eigenvalue weighted by atomic mass is 16.3. The Hall–Kier alpha value is -0.300. The molecule has 1 rings (SSSR count). The predicted octanol–water partition coefficient (Wildman–Crippen LogP) is 2.26. The molecule has 0 atom stereocenters. The van der Waals surface area contributed by atoms with Crippen LogP contribution in [-0.4, -0.2) is 10.7 Å². The van der Waals surface area contributed by atoms with Gasteiger partial charge in [-0.3, -0.25) is 0 Å². The third kappa shape index (κ3) is 1.40. The van der Waals surface area contributed by atoms with E-state index in [1.807, 2.05) is 6.92 Å². The molecule has 1 fully saturated rings. The van der Waals surface area contributed by atoms with E-state index in [-0.39, 0.29) is 0 Å². The van der Waals surface area contributed by atoms with Crippen molar-refractivity contribution in [1.29, 1.82) is 0 Å². The Balaban J connectivity index is 2.56. The van der Waals surface area contributed by atoms with Gasteiger partial charge in [-0.05, 0) is 25.3 Å². The first-order valence-electron chi connectivity index (χ1n) is 4.03. The van der Waals surface area contributed by atoms with Crippen LogP contribution in [0.5, 0.6) is 0 Å². The summed E-state index contributed by atoms with van der Waals surface area (Å²) in [6, 6.07) is 0. The molecule has 1 aliphatic carbocycles. The van der Waals surface area contributed by atoms with Crippen molar-refractivity contribution in [3.63, 3.8) is 0 Å². The van der Waals surface area contributed by atoms with E-state index in [9.17, 15) is 5.11 Å². The van der Waals surface area contributed by atoms with Crippen LogP contribution in [0.3, 0.4) is 0 Å². The van der Waals surface area contributed by atoms with Gasteiger partial charge in [-0.2, -0.15) is 0 Å². The fourth-order valence-electron chi connectivity index (χ4n) is 1.56. The molecule has 0 saturated heterocycles. The first-order valence-corrected chi connectivity index (χ1v) is 4.03. The van der Waals surface area contributed by atoms with Crippen LogP contribution >= 0.6 is 0 Å². The monoisotopic (exact) mass is 140 g/mol. The summed E-state index contributed by atoms with van der Waals surface area (Å²) in [6.07, 6.45) is 5.42. The molecule has 1 aliphatic rings. The number of aliphatic hydroxyl groups is 1. The quantitative estimate of drug-likeness (QED) is 0.554. The van der Waals surface area contributed by atoms with Gasteiger partial charge in [-0.15, -0.1) is 0 Å². The minimum Gasteiger partial charge on any atom is -0.386 e. The van der Waals surface area contributed by atoms with Crippen LogP contribution in [0.15, 0.2) is 12.2 Å². The number of rotatable bonds is 1. The van der Waals surface area contributed by atoms with Gasteiger partial charge in [0.2, 0.25) is 0 Å². The summed E-state index contributed by atoms with van der Waals surface area (Å²) < 4.78 is 0. The molecule has 0 amide bonds. The van der Waals surface area contributed by atoms with Crippen molar-refractivity contribution >= 4 is 0 Å². The first-order chi connectivity index (χ1) is 4.65. The van der Waals surface area contributed by atoms with Crippen molar-refractivity contribution in [2.24, 2.45) is 0 Å². The molecule has 0 heterocycles. The van der Waals surface area contributed by atoms with E-state index in [0.717, 1.165) is 31.3 Å². The zero-order valence-corrected chi connectivity index (χ0v) is 6.69. The Kier molecular flexibility index (Phi) is 2.14. The van der Waals surface area contributed by atoms with Gasteiger partial charge in [0.25, 0.3) is 0 Å². The lowest BCUT2D eigenvalue weighted by Gasteiger charge is -2.32. The Morgan fingerprint density at radius 3 is 2.10 bits per heavy atom. The summed E-state index contributed by atoms with van der Waals surface area (Å²) in [6.45, 7) is 5.72. The van der Waals surface area contributed by atoms with Crippen LogP contribution in [0.25, 0.3) is 0 Å². The van der Waals surface area contributed by atoms with E-state index in [2.05, 4.69) is 6.58 Å². The minimum atomic E-state index is -0.516. The van der Waals surface area contributed by atoms with E-state index in [1.54, 1.807) is 0 Å². The molecule has 0 spiro atoms. The van der Waals surface area contributed by atoms with E-state index in [0.29, 0.717) is 0 Å². The molecule has 58 valence electrons. The van der Waals surface area contributed by atoms with E-state index < -0.39 is 5.60 Å². The maximum absolute atomic E-state index is 9.85. The van der Waals surface area contributed by atoms with Gasteiger partial charge in [-0.25, -0.2) is 0 Å². The summed E-state index contributed by atoms with van der Waals surface area (Å²) >= 11 is 0. The van der Waals surface area contributed by atoms with Gasteiger partial charge in [0.15, 0.2) is 0 Å². The molecule has 0 unspecified atom stereocenters.